The van der Waals surface area contributed by atoms with Crippen LogP contribution in [0.4, 0.5) is 0 Å². The van der Waals surface area contributed by atoms with Crippen LogP contribution in [-0.4, -0.2) is 121 Å². The Bertz CT molecular complexity index is 490. The monoisotopic (exact) mass is 582 g/mol. The lowest BCUT2D eigenvalue weighted by Gasteiger charge is -2.36. The molecule has 0 aliphatic rings. The van der Waals surface area contributed by atoms with Crippen molar-refractivity contribution in [3.8, 4) is 0 Å². The summed E-state index contributed by atoms with van der Waals surface area (Å²) in [5.74, 6) is 0. The zero-order chi connectivity index (χ0) is 28.9. The van der Waals surface area contributed by atoms with Gasteiger partial charge in [-0.1, -0.05) is 53.4 Å². The van der Waals surface area contributed by atoms with Crippen molar-refractivity contribution in [2.45, 2.75) is 77.9 Å². The van der Waals surface area contributed by atoms with Gasteiger partial charge in [0.25, 0.3) is 0 Å². The highest BCUT2D eigenvalue weighted by Crippen LogP contribution is 2.36. The van der Waals surface area contributed by atoms with Gasteiger partial charge in [-0.25, -0.2) is 0 Å². The molecule has 0 saturated heterocycles. The number of hydrogen-bond donors (Lipinski definition) is 0. The SMILES string of the molecule is CCCCCCCOCCOCCOCCOCCOCCOCCOCCOCCO[Si](C)(C)C(C)(C)C. The van der Waals surface area contributed by atoms with E-state index in [2.05, 4.69) is 40.8 Å². The highest BCUT2D eigenvalue weighted by atomic mass is 28.4. The molecule has 0 aromatic rings. The second kappa shape index (κ2) is 28.0. The van der Waals surface area contributed by atoms with Crippen LogP contribution in [0.25, 0.3) is 0 Å². The largest absolute Gasteiger partial charge is 0.414 e. The zero-order valence-electron chi connectivity index (χ0n) is 26.2. The molecule has 0 spiro atoms. The normalized spacial score (nSPS) is 12.5. The molecule has 0 heterocycles. The molecule has 0 atom stereocenters. The van der Waals surface area contributed by atoms with Crippen molar-refractivity contribution in [3.05, 3.63) is 0 Å². The van der Waals surface area contributed by atoms with Crippen molar-refractivity contribution >= 4 is 8.32 Å². The third kappa shape index (κ3) is 27.8. The van der Waals surface area contributed by atoms with Crippen molar-refractivity contribution < 1.29 is 42.3 Å². The Morgan fingerprint density at radius 1 is 0.385 bits per heavy atom. The van der Waals surface area contributed by atoms with E-state index in [1.807, 2.05) is 0 Å². The van der Waals surface area contributed by atoms with E-state index in [4.69, 9.17) is 42.3 Å². The average Bonchev–Trinajstić information content (AvgIpc) is 2.89. The number of ether oxygens (including phenoxy) is 8. The first-order chi connectivity index (χ1) is 18.8. The van der Waals surface area contributed by atoms with Crippen LogP contribution < -0.4 is 0 Å². The van der Waals surface area contributed by atoms with Gasteiger partial charge in [-0.2, -0.15) is 0 Å². The lowest BCUT2D eigenvalue weighted by atomic mass is 10.2. The van der Waals surface area contributed by atoms with Gasteiger partial charge in [-0.15, -0.1) is 0 Å². The number of unbranched alkanes of at least 4 members (excludes halogenated alkanes) is 4. The molecule has 0 radical (unpaired) electrons. The summed E-state index contributed by atoms with van der Waals surface area (Å²) in [6.45, 7) is 23.4. The van der Waals surface area contributed by atoms with E-state index in [9.17, 15) is 0 Å². The predicted molar refractivity (Wildman–Crippen MR) is 158 cm³/mol. The van der Waals surface area contributed by atoms with E-state index in [0.29, 0.717) is 106 Å². The van der Waals surface area contributed by atoms with Crippen molar-refractivity contribution in [2.75, 3.05) is 112 Å². The Morgan fingerprint density at radius 3 is 0.974 bits per heavy atom. The number of rotatable bonds is 31. The third-order valence-corrected chi connectivity index (χ3v) is 11.0. The van der Waals surface area contributed by atoms with Crippen LogP contribution in [-0.2, 0) is 42.3 Å². The maximum absolute atomic E-state index is 6.08. The molecule has 0 aromatic heterocycles. The first-order valence-electron chi connectivity index (χ1n) is 15.1. The second-order valence-corrected chi connectivity index (χ2v) is 15.7. The molecule has 9 nitrogen and oxygen atoms in total. The fraction of sp³-hybridized carbons (Fsp3) is 1.00. The Labute approximate surface area is 240 Å². The van der Waals surface area contributed by atoms with Crippen LogP contribution in [0.3, 0.4) is 0 Å². The Balaban J connectivity index is 3.13. The van der Waals surface area contributed by atoms with Crippen LogP contribution in [0.2, 0.25) is 18.1 Å². The summed E-state index contributed by atoms with van der Waals surface area (Å²) < 4.78 is 50.2. The highest BCUT2D eigenvalue weighted by Gasteiger charge is 2.36. The Hall–Kier alpha value is -0.143. The number of hydrogen-bond acceptors (Lipinski definition) is 9. The van der Waals surface area contributed by atoms with Gasteiger partial charge in [0.1, 0.15) is 0 Å². The molecule has 236 valence electrons. The molecule has 0 unspecified atom stereocenters. The first kappa shape index (κ1) is 38.9. The smallest absolute Gasteiger partial charge is 0.192 e. The van der Waals surface area contributed by atoms with Crippen LogP contribution in [0.15, 0.2) is 0 Å². The van der Waals surface area contributed by atoms with E-state index in [1.165, 1.54) is 25.7 Å². The maximum Gasteiger partial charge on any atom is 0.192 e. The Morgan fingerprint density at radius 2 is 0.667 bits per heavy atom. The minimum Gasteiger partial charge on any atom is -0.414 e. The summed E-state index contributed by atoms with van der Waals surface area (Å²) in [6, 6.07) is 0. The molecule has 0 aliphatic carbocycles. The quantitative estimate of drug-likeness (QED) is 0.0818. The lowest BCUT2D eigenvalue weighted by molar-refractivity contribution is -0.0237. The van der Waals surface area contributed by atoms with Gasteiger partial charge in [0.2, 0.25) is 0 Å². The summed E-state index contributed by atoms with van der Waals surface area (Å²) in [4.78, 5) is 0. The van der Waals surface area contributed by atoms with Crippen molar-refractivity contribution in [2.24, 2.45) is 0 Å². The molecular weight excluding hydrogens is 520 g/mol. The molecular formula is C29H62O9Si. The first-order valence-corrected chi connectivity index (χ1v) is 18.0. The van der Waals surface area contributed by atoms with Crippen molar-refractivity contribution in [1.82, 2.24) is 0 Å². The van der Waals surface area contributed by atoms with Crippen LogP contribution >= 0.6 is 0 Å². The molecule has 0 bridgehead atoms. The maximum atomic E-state index is 6.08. The van der Waals surface area contributed by atoms with Gasteiger partial charge < -0.3 is 42.3 Å². The van der Waals surface area contributed by atoms with Gasteiger partial charge in [0, 0.05) is 6.61 Å². The fourth-order valence-corrected chi connectivity index (χ4v) is 4.05. The molecule has 0 amide bonds. The van der Waals surface area contributed by atoms with E-state index >= 15 is 0 Å². The summed E-state index contributed by atoms with van der Waals surface area (Å²) in [6.07, 6.45) is 6.31. The molecule has 0 aliphatic heterocycles. The fourth-order valence-electron chi connectivity index (χ4n) is 3.02. The highest BCUT2D eigenvalue weighted by molar-refractivity contribution is 6.74. The van der Waals surface area contributed by atoms with E-state index in [-0.39, 0.29) is 5.04 Å². The van der Waals surface area contributed by atoms with Crippen LogP contribution in [0.5, 0.6) is 0 Å². The van der Waals surface area contributed by atoms with E-state index in [0.717, 1.165) is 13.0 Å². The molecule has 39 heavy (non-hydrogen) atoms. The van der Waals surface area contributed by atoms with Crippen molar-refractivity contribution in [3.63, 3.8) is 0 Å². The molecule has 0 rings (SSSR count). The summed E-state index contributed by atoms with van der Waals surface area (Å²) >= 11 is 0. The van der Waals surface area contributed by atoms with Gasteiger partial charge in [0.15, 0.2) is 8.32 Å². The topological polar surface area (TPSA) is 83.1 Å². The standard InChI is InChI=1S/C29H62O9Si/c1-7-8-9-10-11-12-30-13-14-31-15-16-32-17-18-33-19-20-34-21-22-35-23-24-36-25-26-37-27-28-38-39(5,6)29(2,3)4/h7-28H2,1-6H3. The van der Waals surface area contributed by atoms with Crippen LogP contribution in [0, 0.1) is 0 Å². The molecule has 0 N–H and O–H groups in total. The molecule has 0 aromatic carbocycles. The van der Waals surface area contributed by atoms with Crippen molar-refractivity contribution in [1.29, 1.82) is 0 Å². The average molecular weight is 583 g/mol. The third-order valence-electron chi connectivity index (χ3n) is 6.49. The van der Waals surface area contributed by atoms with Crippen LogP contribution in [0.1, 0.15) is 59.8 Å². The minimum absolute atomic E-state index is 0.226. The van der Waals surface area contributed by atoms with Gasteiger partial charge >= 0.3 is 0 Å². The molecule has 10 heteroatoms. The predicted octanol–water partition coefficient (Wildman–Crippen LogP) is 5.11. The summed E-state index contributed by atoms with van der Waals surface area (Å²) in [5, 5.41) is 0.226. The van der Waals surface area contributed by atoms with Gasteiger partial charge in [-0.3, -0.25) is 0 Å². The lowest BCUT2D eigenvalue weighted by Crippen LogP contribution is -2.41. The summed E-state index contributed by atoms with van der Waals surface area (Å²) in [5.41, 5.74) is 0. The summed E-state index contributed by atoms with van der Waals surface area (Å²) in [7, 11) is -1.68. The minimum atomic E-state index is -1.68. The Kier molecular flexibility index (Phi) is 27.9. The van der Waals surface area contributed by atoms with Gasteiger partial charge in [-0.05, 0) is 24.6 Å². The van der Waals surface area contributed by atoms with Gasteiger partial charge in [0.05, 0.1) is 106 Å². The van der Waals surface area contributed by atoms with E-state index < -0.39 is 8.32 Å². The second-order valence-electron chi connectivity index (χ2n) is 10.9. The van der Waals surface area contributed by atoms with E-state index in [1.54, 1.807) is 0 Å². The zero-order valence-corrected chi connectivity index (χ0v) is 27.2. The molecule has 0 fully saturated rings. The molecule has 0 saturated carbocycles.